The number of rotatable bonds is 4. The third-order valence-corrected chi connectivity index (χ3v) is 3.70. The number of pyridine rings is 1. The third-order valence-electron chi connectivity index (χ3n) is 2.83. The van der Waals surface area contributed by atoms with Crippen LogP contribution in [0, 0.1) is 0 Å². The van der Waals surface area contributed by atoms with Crippen molar-refractivity contribution in [2.75, 3.05) is 6.26 Å². The van der Waals surface area contributed by atoms with Gasteiger partial charge >= 0.3 is 5.97 Å². The van der Waals surface area contributed by atoms with Crippen LogP contribution in [0.15, 0.2) is 23.4 Å². The molecule has 0 aliphatic rings. The van der Waals surface area contributed by atoms with Crippen LogP contribution >= 0.6 is 11.8 Å². The fourth-order valence-electron chi connectivity index (χ4n) is 2.10. The Morgan fingerprint density at radius 3 is 2.85 bits per heavy atom. The number of aromatic nitrogens is 2. The van der Waals surface area contributed by atoms with Gasteiger partial charge in [-0.3, -0.25) is 9.78 Å². The zero-order chi connectivity index (χ0) is 14.8. The van der Waals surface area contributed by atoms with Crippen molar-refractivity contribution < 1.29 is 9.53 Å². The summed E-state index contributed by atoms with van der Waals surface area (Å²) in [5.41, 5.74) is 1.66. The van der Waals surface area contributed by atoms with Crippen LogP contribution in [-0.4, -0.2) is 27.8 Å². The number of carbonyl (C=O) groups excluding carboxylic acids is 1. The van der Waals surface area contributed by atoms with Gasteiger partial charge in [-0.1, -0.05) is 0 Å². The second kappa shape index (κ2) is 5.87. The first-order valence-corrected chi connectivity index (χ1v) is 7.83. The average Bonchev–Trinajstić information content (AvgIpc) is 2.71. The molecule has 0 unspecified atom stereocenters. The number of aryl methyl sites for hydroxylation is 1. The van der Waals surface area contributed by atoms with Gasteiger partial charge in [-0.05, 0) is 39.5 Å². The number of esters is 1. The lowest BCUT2D eigenvalue weighted by atomic mass is 10.2. The van der Waals surface area contributed by atoms with Gasteiger partial charge < -0.3 is 9.72 Å². The summed E-state index contributed by atoms with van der Waals surface area (Å²) in [4.78, 5) is 20.4. The van der Waals surface area contributed by atoms with E-state index in [0.717, 1.165) is 16.6 Å². The molecular weight excluding hydrogens is 272 g/mol. The lowest BCUT2D eigenvalue weighted by molar-refractivity contribution is -0.154. The molecule has 2 rings (SSSR count). The Labute approximate surface area is 123 Å². The summed E-state index contributed by atoms with van der Waals surface area (Å²) in [6, 6.07) is 1.99. The van der Waals surface area contributed by atoms with Crippen molar-refractivity contribution in [3.8, 4) is 0 Å². The molecule has 2 aromatic rings. The van der Waals surface area contributed by atoms with E-state index in [2.05, 4.69) is 9.97 Å². The highest BCUT2D eigenvalue weighted by molar-refractivity contribution is 7.98. The lowest BCUT2D eigenvalue weighted by Crippen LogP contribution is -2.24. The van der Waals surface area contributed by atoms with Crippen molar-refractivity contribution >= 4 is 28.6 Å². The number of carbonyl (C=O) groups is 1. The van der Waals surface area contributed by atoms with Crippen molar-refractivity contribution in [1.29, 1.82) is 0 Å². The number of aromatic amines is 1. The van der Waals surface area contributed by atoms with E-state index in [1.165, 1.54) is 4.90 Å². The fraction of sp³-hybridized carbons (Fsp3) is 0.467. The summed E-state index contributed by atoms with van der Waals surface area (Å²) >= 11 is 1.69. The standard InChI is InChI=1S/C15H20N2O2S/c1-15(2,3)19-13(18)6-5-11-14(20-4)10-7-8-16-9-12(10)17-11/h7-9,17H,5-6H2,1-4H3. The van der Waals surface area contributed by atoms with E-state index in [1.807, 2.05) is 39.3 Å². The number of hydrogen-bond acceptors (Lipinski definition) is 4. The van der Waals surface area contributed by atoms with Crippen LogP contribution in [0.25, 0.3) is 10.9 Å². The summed E-state index contributed by atoms with van der Waals surface area (Å²) in [6.07, 6.45) is 6.67. The number of nitrogens with one attached hydrogen (secondary N) is 1. The minimum atomic E-state index is -0.427. The van der Waals surface area contributed by atoms with Gasteiger partial charge in [-0.25, -0.2) is 0 Å². The summed E-state index contributed by atoms with van der Waals surface area (Å²) in [6.45, 7) is 5.65. The minimum Gasteiger partial charge on any atom is -0.460 e. The smallest absolute Gasteiger partial charge is 0.306 e. The molecule has 0 atom stereocenters. The molecule has 0 fully saturated rings. The molecule has 108 valence electrons. The number of nitrogens with zero attached hydrogens (tertiary/aromatic N) is 1. The highest BCUT2D eigenvalue weighted by Gasteiger charge is 2.17. The molecule has 0 aliphatic heterocycles. The summed E-state index contributed by atoms with van der Waals surface area (Å²) < 4.78 is 5.34. The van der Waals surface area contributed by atoms with Crippen molar-refractivity contribution in [3.05, 3.63) is 24.2 Å². The molecule has 0 amide bonds. The number of hydrogen-bond donors (Lipinski definition) is 1. The van der Waals surface area contributed by atoms with Crippen LogP contribution in [0.3, 0.4) is 0 Å². The Morgan fingerprint density at radius 1 is 1.45 bits per heavy atom. The number of H-pyrrole nitrogens is 1. The van der Waals surface area contributed by atoms with Gasteiger partial charge in [0.05, 0.1) is 18.1 Å². The zero-order valence-electron chi connectivity index (χ0n) is 12.3. The Morgan fingerprint density at radius 2 is 2.20 bits per heavy atom. The Balaban J connectivity index is 2.12. The monoisotopic (exact) mass is 292 g/mol. The van der Waals surface area contributed by atoms with E-state index in [0.29, 0.717) is 12.8 Å². The van der Waals surface area contributed by atoms with Crippen molar-refractivity contribution in [3.63, 3.8) is 0 Å². The van der Waals surface area contributed by atoms with Crippen LogP contribution in [0.4, 0.5) is 0 Å². The van der Waals surface area contributed by atoms with Crippen LogP contribution in [-0.2, 0) is 16.0 Å². The summed E-state index contributed by atoms with van der Waals surface area (Å²) in [5.74, 6) is -0.165. The molecule has 0 saturated carbocycles. The normalized spacial score (nSPS) is 11.8. The maximum absolute atomic E-state index is 11.8. The maximum Gasteiger partial charge on any atom is 0.306 e. The second-order valence-corrected chi connectivity index (χ2v) is 6.46. The molecular formula is C15H20N2O2S. The van der Waals surface area contributed by atoms with Crippen LogP contribution < -0.4 is 0 Å². The summed E-state index contributed by atoms with van der Waals surface area (Å²) in [7, 11) is 0. The van der Waals surface area contributed by atoms with Gasteiger partial charge in [0.25, 0.3) is 0 Å². The van der Waals surface area contributed by atoms with Crippen molar-refractivity contribution in [2.45, 2.75) is 44.1 Å². The molecule has 0 spiro atoms. The first kappa shape index (κ1) is 14.9. The quantitative estimate of drug-likeness (QED) is 0.691. The molecule has 0 saturated heterocycles. The first-order chi connectivity index (χ1) is 9.40. The predicted octanol–water partition coefficient (Wildman–Crippen LogP) is 3.56. The largest absolute Gasteiger partial charge is 0.460 e. The zero-order valence-corrected chi connectivity index (χ0v) is 13.1. The van der Waals surface area contributed by atoms with Gasteiger partial charge in [0.2, 0.25) is 0 Å². The highest BCUT2D eigenvalue weighted by atomic mass is 32.2. The fourth-order valence-corrected chi connectivity index (χ4v) is 2.90. The molecule has 20 heavy (non-hydrogen) atoms. The number of ether oxygens (including phenoxy) is 1. The number of thioether (sulfide) groups is 1. The van der Waals surface area contributed by atoms with Gasteiger partial charge in [-0.2, -0.15) is 0 Å². The minimum absolute atomic E-state index is 0.165. The van der Waals surface area contributed by atoms with Crippen molar-refractivity contribution in [2.24, 2.45) is 0 Å². The molecule has 2 aromatic heterocycles. The molecule has 2 heterocycles. The molecule has 1 N–H and O–H groups in total. The SMILES string of the molecule is CSc1c(CCC(=O)OC(C)(C)C)[nH]c2cnccc12. The Bertz CT molecular complexity index is 614. The molecule has 5 heteroatoms. The van der Waals surface area contributed by atoms with Gasteiger partial charge in [0.1, 0.15) is 5.60 Å². The Hall–Kier alpha value is -1.49. The molecule has 0 bridgehead atoms. The van der Waals surface area contributed by atoms with Crippen LogP contribution in [0.1, 0.15) is 32.9 Å². The van der Waals surface area contributed by atoms with E-state index < -0.39 is 5.60 Å². The van der Waals surface area contributed by atoms with Crippen molar-refractivity contribution in [1.82, 2.24) is 9.97 Å². The van der Waals surface area contributed by atoms with E-state index in [9.17, 15) is 4.79 Å². The van der Waals surface area contributed by atoms with Gasteiger partial charge in [-0.15, -0.1) is 11.8 Å². The Kier molecular flexibility index (Phi) is 4.38. The molecule has 0 radical (unpaired) electrons. The van der Waals surface area contributed by atoms with E-state index in [1.54, 1.807) is 18.0 Å². The molecule has 0 aromatic carbocycles. The topological polar surface area (TPSA) is 55.0 Å². The molecule has 0 aliphatic carbocycles. The van der Waals surface area contributed by atoms with Gasteiger partial charge in [0.15, 0.2) is 0 Å². The van der Waals surface area contributed by atoms with E-state index >= 15 is 0 Å². The van der Waals surface area contributed by atoms with Crippen LogP contribution in [0.2, 0.25) is 0 Å². The van der Waals surface area contributed by atoms with Gasteiger partial charge in [0, 0.05) is 22.2 Å². The lowest BCUT2D eigenvalue weighted by Gasteiger charge is -2.19. The van der Waals surface area contributed by atoms with E-state index in [4.69, 9.17) is 4.74 Å². The van der Waals surface area contributed by atoms with E-state index in [-0.39, 0.29) is 5.97 Å². The molecule has 4 nitrogen and oxygen atoms in total. The second-order valence-electron chi connectivity index (χ2n) is 5.64. The number of fused-ring (bicyclic) bond motifs is 1. The first-order valence-electron chi connectivity index (χ1n) is 6.61. The summed E-state index contributed by atoms with van der Waals surface area (Å²) in [5, 5.41) is 1.16. The predicted molar refractivity (Wildman–Crippen MR) is 82.0 cm³/mol. The third kappa shape index (κ3) is 3.54. The van der Waals surface area contributed by atoms with Crippen LogP contribution in [0.5, 0.6) is 0 Å². The maximum atomic E-state index is 11.8. The average molecular weight is 292 g/mol. The highest BCUT2D eigenvalue weighted by Crippen LogP contribution is 2.30.